The predicted octanol–water partition coefficient (Wildman–Crippen LogP) is 4.74. The zero-order valence-corrected chi connectivity index (χ0v) is 15.7. The van der Waals surface area contributed by atoms with Crippen LogP contribution in [0.5, 0.6) is 0 Å². The lowest BCUT2D eigenvalue weighted by Gasteiger charge is -2.09. The molecule has 0 atom stereocenters. The molecule has 0 saturated carbocycles. The van der Waals surface area contributed by atoms with Crippen LogP contribution in [-0.2, 0) is 10.0 Å². The highest BCUT2D eigenvalue weighted by Gasteiger charge is 2.07. The summed E-state index contributed by atoms with van der Waals surface area (Å²) in [4.78, 5) is 12.0. The van der Waals surface area contributed by atoms with Crippen molar-refractivity contribution in [1.82, 2.24) is 0 Å². The molecule has 0 radical (unpaired) electrons. The van der Waals surface area contributed by atoms with E-state index in [4.69, 9.17) is 0 Å². The molecule has 0 heterocycles. The molecule has 0 unspecified atom stereocenters. The molecule has 2 amide bonds. The van der Waals surface area contributed by atoms with E-state index in [0.717, 1.165) is 11.0 Å². The van der Waals surface area contributed by atoms with Crippen molar-refractivity contribution in [3.05, 3.63) is 95.9 Å². The number of rotatable bonds is 6. The van der Waals surface area contributed by atoms with Gasteiger partial charge in [-0.1, -0.05) is 48.5 Å². The monoisotopic (exact) mass is 393 g/mol. The van der Waals surface area contributed by atoms with Crippen molar-refractivity contribution in [2.75, 3.05) is 15.4 Å². The van der Waals surface area contributed by atoms with Crippen LogP contribution >= 0.6 is 0 Å². The Kier molecular flexibility index (Phi) is 6.08. The van der Waals surface area contributed by atoms with Gasteiger partial charge in [0.2, 0.25) is 0 Å². The van der Waals surface area contributed by atoms with Crippen molar-refractivity contribution >= 4 is 39.2 Å². The van der Waals surface area contributed by atoms with Gasteiger partial charge in [-0.25, -0.2) is 13.2 Å². The lowest BCUT2D eigenvalue weighted by Crippen LogP contribution is -2.19. The molecule has 0 saturated heterocycles. The van der Waals surface area contributed by atoms with Gasteiger partial charge in [0.25, 0.3) is 10.0 Å². The number of urea groups is 1. The van der Waals surface area contributed by atoms with Gasteiger partial charge >= 0.3 is 6.03 Å². The van der Waals surface area contributed by atoms with E-state index in [2.05, 4.69) is 15.4 Å². The van der Waals surface area contributed by atoms with Crippen LogP contribution < -0.4 is 15.4 Å². The maximum absolute atomic E-state index is 12.2. The molecule has 3 aromatic rings. The summed E-state index contributed by atoms with van der Waals surface area (Å²) in [6.07, 6.45) is 1.52. The van der Waals surface area contributed by atoms with Gasteiger partial charge in [0.1, 0.15) is 0 Å². The van der Waals surface area contributed by atoms with Gasteiger partial charge in [0, 0.05) is 17.1 Å². The SMILES string of the molecule is O=C(Nc1ccccc1)Nc1ccc(NS(=O)(=O)C=Cc2ccccc2)cc1. The van der Waals surface area contributed by atoms with Crippen molar-refractivity contribution in [1.29, 1.82) is 0 Å². The van der Waals surface area contributed by atoms with E-state index in [1.807, 2.05) is 48.5 Å². The number of hydrogen-bond acceptors (Lipinski definition) is 3. The first-order valence-corrected chi connectivity index (χ1v) is 10.0. The molecule has 0 aliphatic heterocycles. The fourth-order valence-corrected chi connectivity index (χ4v) is 3.24. The van der Waals surface area contributed by atoms with Crippen LogP contribution in [0.3, 0.4) is 0 Å². The molecule has 142 valence electrons. The molecule has 28 heavy (non-hydrogen) atoms. The summed E-state index contributed by atoms with van der Waals surface area (Å²) in [7, 11) is -3.64. The first kappa shape index (κ1) is 19.2. The number of benzene rings is 3. The second-order valence-electron chi connectivity index (χ2n) is 5.88. The molecule has 3 aromatic carbocycles. The molecule has 0 aromatic heterocycles. The van der Waals surface area contributed by atoms with E-state index < -0.39 is 10.0 Å². The lowest BCUT2D eigenvalue weighted by atomic mass is 10.2. The summed E-state index contributed by atoms with van der Waals surface area (Å²) < 4.78 is 26.8. The Morgan fingerprint density at radius 3 is 1.79 bits per heavy atom. The number of sulfonamides is 1. The second-order valence-corrected chi connectivity index (χ2v) is 7.45. The normalized spacial score (nSPS) is 11.1. The Balaban J connectivity index is 1.58. The Hall–Kier alpha value is -3.58. The van der Waals surface area contributed by atoms with Gasteiger partial charge in [-0.3, -0.25) is 4.72 Å². The number of carbonyl (C=O) groups is 1. The van der Waals surface area contributed by atoms with Gasteiger partial charge in [0.05, 0.1) is 5.41 Å². The van der Waals surface area contributed by atoms with Crippen molar-refractivity contribution in [3.8, 4) is 0 Å². The van der Waals surface area contributed by atoms with Crippen LogP contribution in [0.4, 0.5) is 21.9 Å². The number of amides is 2. The Bertz CT molecular complexity index is 1050. The highest BCUT2D eigenvalue weighted by atomic mass is 32.2. The third-order valence-electron chi connectivity index (χ3n) is 3.67. The number of hydrogen-bond donors (Lipinski definition) is 3. The molecule has 3 rings (SSSR count). The third-order valence-corrected chi connectivity index (χ3v) is 4.69. The summed E-state index contributed by atoms with van der Waals surface area (Å²) in [5.41, 5.74) is 2.40. The summed E-state index contributed by atoms with van der Waals surface area (Å²) in [5.74, 6) is 0. The minimum atomic E-state index is -3.64. The minimum Gasteiger partial charge on any atom is -0.308 e. The van der Waals surface area contributed by atoms with Crippen molar-refractivity contribution < 1.29 is 13.2 Å². The van der Waals surface area contributed by atoms with Gasteiger partial charge in [0.15, 0.2) is 0 Å². The van der Waals surface area contributed by atoms with Gasteiger partial charge in [-0.2, -0.15) is 0 Å². The van der Waals surface area contributed by atoms with Crippen molar-refractivity contribution in [3.63, 3.8) is 0 Å². The molecule has 0 bridgehead atoms. The molecule has 0 aliphatic rings. The fraction of sp³-hybridized carbons (Fsp3) is 0. The molecule has 3 N–H and O–H groups in total. The van der Waals surface area contributed by atoms with Crippen molar-refractivity contribution in [2.24, 2.45) is 0 Å². The van der Waals surface area contributed by atoms with E-state index in [-0.39, 0.29) is 6.03 Å². The zero-order chi connectivity index (χ0) is 19.8. The van der Waals surface area contributed by atoms with Crippen LogP contribution in [-0.4, -0.2) is 14.4 Å². The average Bonchev–Trinajstić information content (AvgIpc) is 2.69. The Labute approximate surface area is 164 Å². The lowest BCUT2D eigenvalue weighted by molar-refractivity contribution is 0.262. The number of anilines is 3. The first-order chi connectivity index (χ1) is 13.5. The predicted molar refractivity (Wildman–Crippen MR) is 114 cm³/mol. The number of para-hydroxylation sites is 1. The third kappa shape index (κ3) is 6.00. The topological polar surface area (TPSA) is 87.3 Å². The van der Waals surface area contributed by atoms with Gasteiger partial charge in [-0.15, -0.1) is 0 Å². The zero-order valence-electron chi connectivity index (χ0n) is 14.9. The summed E-state index contributed by atoms with van der Waals surface area (Å²) in [5, 5.41) is 6.50. The smallest absolute Gasteiger partial charge is 0.308 e. The van der Waals surface area contributed by atoms with Crippen LogP contribution in [0.1, 0.15) is 5.56 Å². The quantitative estimate of drug-likeness (QED) is 0.565. The standard InChI is InChI=1S/C21H19N3O3S/c25-21(22-18-9-5-2-6-10-18)23-19-11-13-20(14-12-19)24-28(26,27)16-15-17-7-3-1-4-8-17/h1-16,24H,(H2,22,23,25). The van der Waals surface area contributed by atoms with Crippen LogP contribution in [0.15, 0.2) is 90.3 Å². The highest BCUT2D eigenvalue weighted by molar-refractivity contribution is 7.95. The fourth-order valence-electron chi connectivity index (χ4n) is 2.37. The van der Waals surface area contributed by atoms with E-state index in [1.54, 1.807) is 36.4 Å². The molecular weight excluding hydrogens is 374 g/mol. The first-order valence-electron chi connectivity index (χ1n) is 8.49. The van der Waals surface area contributed by atoms with Crippen LogP contribution in [0, 0.1) is 0 Å². The Morgan fingerprint density at radius 1 is 0.679 bits per heavy atom. The average molecular weight is 393 g/mol. The Morgan fingerprint density at radius 2 is 1.18 bits per heavy atom. The molecular formula is C21H19N3O3S. The molecule has 0 fully saturated rings. The van der Waals surface area contributed by atoms with E-state index in [9.17, 15) is 13.2 Å². The molecule has 0 spiro atoms. The molecule has 6 nitrogen and oxygen atoms in total. The number of nitrogens with one attached hydrogen (secondary N) is 3. The molecule has 0 aliphatic carbocycles. The van der Waals surface area contributed by atoms with E-state index in [1.165, 1.54) is 6.08 Å². The largest absolute Gasteiger partial charge is 0.323 e. The second kappa shape index (κ2) is 8.88. The van der Waals surface area contributed by atoms with Crippen molar-refractivity contribution in [2.45, 2.75) is 0 Å². The van der Waals surface area contributed by atoms with E-state index in [0.29, 0.717) is 17.1 Å². The maximum Gasteiger partial charge on any atom is 0.323 e. The minimum absolute atomic E-state index is 0.384. The summed E-state index contributed by atoms with van der Waals surface area (Å²) in [6, 6.07) is 24.2. The molecule has 7 heteroatoms. The highest BCUT2D eigenvalue weighted by Crippen LogP contribution is 2.16. The maximum atomic E-state index is 12.2. The summed E-state index contributed by atoms with van der Waals surface area (Å²) >= 11 is 0. The van der Waals surface area contributed by atoms with E-state index >= 15 is 0 Å². The number of carbonyl (C=O) groups excluding carboxylic acids is 1. The van der Waals surface area contributed by atoms with Gasteiger partial charge < -0.3 is 10.6 Å². The van der Waals surface area contributed by atoms with Gasteiger partial charge in [-0.05, 0) is 48.0 Å². The van der Waals surface area contributed by atoms with Crippen LogP contribution in [0.2, 0.25) is 0 Å². The summed E-state index contributed by atoms with van der Waals surface area (Å²) in [6.45, 7) is 0. The van der Waals surface area contributed by atoms with Crippen LogP contribution in [0.25, 0.3) is 6.08 Å².